The van der Waals surface area contributed by atoms with Crippen LogP contribution in [-0.2, 0) is 6.54 Å². The summed E-state index contributed by atoms with van der Waals surface area (Å²) in [6, 6.07) is 9.78. The van der Waals surface area contributed by atoms with Gasteiger partial charge >= 0.3 is 0 Å². The highest BCUT2D eigenvalue weighted by Gasteiger charge is 2.03. The number of pyridine rings is 1. The number of nitrogens with zero attached hydrogens (tertiary/aromatic N) is 1. The lowest BCUT2D eigenvalue weighted by Crippen LogP contribution is -2.03. The first kappa shape index (κ1) is 12.6. The van der Waals surface area contributed by atoms with Crippen LogP contribution in [0, 0.1) is 5.82 Å². The summed E-state index contributed by atoms with van der Waals surface area (Å²) in [5.74, 6) is 0.183. The van der Waals surface area contributed by atoms with Crippen molar-refractivity contribution in [2.45, 2.75) is 6.54 Å². The molecule has 5 heteroatoms. The molecule has 0 saturated heterocycles. The number of aromatic nitrogens is 1. The van der Waals surface area contributed by atoms with Gasteiger partial charge in [0, 0.05) is 11.1 Å². The van der Waals surface area contributed by atoms with E-state index in [2.05, 4.69) is 10.3 Å². The molecule has 18 heavy (non-hydrogen) atoms. The molecule has 1 aromatic carbocycles. The molecule has 2 rings (SSSR count). The Morgan fingerprint density at radius 2 is 2.17 bits per heavy atom. The number of benzene rings is 1. The minimum Gasteiger partial charge on any atom is -0.481 e. The molecule has 0 aliphatic heterocycles. The highest BCUT2D eigenvalue weighted by Crippen LogP contribution is 2.20. The van der Waals surface area contributed by atoms with Gasteiger partial charge in [-0.25, -0.2) is 9.37 Å². The predicted octanol–water partition coefficient (Wildman–Crippen LogP) is 3.49. The van der Waals surface area contributed by atoms with Crippen LogP contribution >= 0.6 is 11.6 Å². The van der Waals surface area contributed by atoms with Crippen LogP contribution < -0.4 is 10.1 Å². The van der Waals surface area contributed by atoms with E-state index in [0.29, 0.717) is 23.1 Å². The van der Waals surface area contributed by atoms with Gasteiger partial charge in [-0.2, -0.15) is 0 Å². The summed E-state index contributed by atoms with van der Waals surface area (Å²) in [4.78, 5) is 4.22. The normalized spacial score (nSPS) is 10.2. The van der Waals surface area contributed by atoms with Crippen LogP contribution in [0.25, 0.3) is 0 Å². The fraction of sp³-hybridized carbons (Fsp3) is 0.154. The first-order chi connectivity index (χ1) is 8.69. The zero-order valence-corrected chi connectivity index (χ0v) is 10.5. The van der Waals surface area contributed by atoms with Gasteiger partial charge in [-0.05, 0) is 24.3 Å². The third-order valence-electron chi connectivity index (χ3n) is 2.38. The molecule has 0 radical (unpaired) electrons. The van der Waals surface area contributed by atoms with Crippen LogP contribution in [0.2, 0.25) is 5.02 Å². The molecular weight excluding hydrogens is 255 g/mol. The van der Waals surface area contributed by atoms with Gasteiger partial charge in [0.1, 0.15) is 5.82 Å². The molecule has 94 valence electrons. The van der Waals surface area contributed by atoms with E-state index in [1.807, 2.05) is 12.1 Å². The van der Waals surface area contributed by atoms with E-state index >= 15 is 0 Å². The van der Waals surface area contributed by atoms with Gasteiger partial charge in [0.25, 0.3) is 0 Å². The van der Waals surface area contributed by atoms with Gasteiger partial charge in [0.15, 0.2) is 0 Å². The van der Waals surface area contributed by atoms with Crippen molar-refractivity contribution >= 4 is 17.3 Å². The molecule has 0 spiro atoms. The number of hydrogen-bond donors (Lipinski definition) is 1. The van der Waals surface area contributed by atoms with Crippen molar-refractivity contribution in [2.24, 2.45) is 0 Å². The van der Waals surface area contributed by atoms with Crippen LogP contribution in [0.15, 0.2) is 36.4 Å². The first-order valence-electron chi connectivity index (χ1n) is 5.38. The third-order valence-corrected chi connectivity index (χ3v) is 2.61. The van der Waals surface area contributed by atoms with Crippen molar-refractivity contribution in [2.75, 3.05) is 12.4 Å². The number of nitrogens with one attached hydrogen (secondary N) is 1. The van der Waals surface area contributed by atoms with Gasteiger partial charge in [0.05, 0.1) is 25.0 Å². The number of halogens is 2. The second-order valence-corrected chi connectivity index (χ2v) is 4.09. The Morgan fingerprint density at radius 3 is 2.94 bits per heavy atom. The van der Waals surface area contributed by atoms with Gasteiger partial charge in [-0.1, -0.05) is 17.7 Å². The molecule has 1 heterocycles. The number of methoxy groups -OCH3 is 1. The van der Waals surface area contributed by atoms with Crippen LogP contribution in [0.3, 0.4) is 0 Å². The quantitative estimate of drug-likeness (QED) is 0.920. The van der Waals surface area contributed by atoms with E-state index < -0.39 is 0 Å². The van der Waals surface area contributed by atoms with Crippen molar-refractivity contribution in [1.82, 2.24) is 4.98 Å². The lowest BCUT2D eigenvalue weighted by molar-refractivity contribution is 0.396. The zero-order chi connectivity index (χ0) is 13.0. The lowest BCUT2D eigenvalue weighted by atomic mass is 10.3. The Bertz CT molecular complexity index is 548. The molecule has 0 saturated carbocycles. The average Bonchev–Trinajstić information content (AvgIpc) is 2.40. The summed E-state index contributed by atoms with van der Waals surface area (Å²) < 4.78 is 18.5. The molecule has 3 nitrogen and oxygen atoms in total. The molecule has 0 amide bonds. The van der Waals surface area contributed by atoms with Gasteiger partial charge in [-0.3, -0.25) is 0 Å². The number of ether oxygens (including phenoxy) is 1. The van der Waals surface area contributed by atoms with Gasteiger partial charge in [0.2, 0.25) is 5.88 Å². The van der Waals surface area contributed by atoms with Crippen LogP contribution in [0.4, 0.5) is 10.1 Å². The fourth-order valence-electron chi connectivity index (χ4n) is 1.49. The molecule has 2 aromatic rings. The summed E-state index contributed by atoms with van der Waals surface area (Å²) in [6.45, 7) is 0.397. The van der Waals surface area contributed by atoms with E-state index in [1.165, 1.54) is 18.2 Å². The molecule has 0 unspecified atom stereocenters. The van der Waals surface area contributed by atoms with Gasteiger partial charge in [-0.15, -0.1) is 0 Å². The molecule has 0 aliphatic rings. The summed E-state index contributed by atoms with van der Waals surface area (Å²) in [7, 11) is 1.55. The van der Waals surface area contributed by atoms with Crippen molar-refractivity contribution in [3.63, 3.8) is 0 Å². The SMILES string of the molecule is COc1cccc(CNc2cc(Cl)ccc2F)n1. The third kappa shape index (κ3) is 3.11. The smallest absolute Gasteiger partial charge is 0.213 e. The van der Waals surface area contributed by atoms with Crippen molar-refractivity contribution in [1.29, 1.82) is 0 Å². The van der Waals surface area contributed by atoms with Crippen LogP contribution in [0.1, 0.15) is 5.69 Å². The zero-order valence-electron chi connectivity index (χ0n) is 9.78. The first-order valence-corrected chi connectivity index (χ1v) is 5.75. The second-order valence-electron chi connectivity index (χ2n) is 3.65. The Morgan fingerprint density at radius 1 is 1.33 bits per heavy atom. The topological polar surface area (TPSA) is 34.1 Å². The Kier molecular flexibility index (Phi) is 3.99. The highest BCUT2D eigenvalue weighted by atomic mass is 35.5. The van der Waals surface area contributed by atoms with Gasteiger partial charge < -0.3 is 10.1 Å². The van der Waals surface area contributed by atoms with E-state index in [0.717, 1.165) is 5.69 Å². The molecule has 0 atom stereocenters. The average molecular weight is 267 g/mol. The summed E-state index contributed by atoms with van der Waals surface area (Å²) in [6.07, 6.45) is 0. The van der Waals surface area contributed by atoms with Crippen molar-refractivity contribution in [3.05, 3.63) is 52.9 Å². The Labute approximate surface area is 110 Å². The maximum absolute atomic E-state index is 13.5. The molecule has 0 fully saturated rings. The standard InChI is InChI=1S/C13H12ClFN2O/c1-18-13-4-2-3-10(17-13)8-16-12-7-9(14)5-6-11(12)15/h2-7,16H,8H2,1H3. The second kappa shape index (κ2) is 5.69. The number of anilines is 1. The maximum atomic E-state index is 13.5. The minimum absolute atomic E-state index is 0.345. The summed E-state index contributed by atoms with van der Waals surface area (Å²) in [5.41, 5.74) is 1.11. The van der Waals surface area contributed by atoms with Crippen LogP contribution in [0.5, 0.6) is 5.88 Å². The molecule has 0 bridgehead atoms. The lowest BCUT2D eigenvalue weighted by Gasteiger charge is -2.08. The van der Waals surface area contributed by atoms with Crippen molar-refractivity contribution in [3.8, 4) is 5.88 Å². The molecule has 1 N–H and O–H groups in total. The number of rotatable bonds is 4. The Hall–Kier alpha value is -1.81. The van der Waals surface area contributed by atoms with E-state index in [4.69, 9.17) is 16.3 Å². The Balaban J connectivity index is 2.08. The molecule has 1 aromatic heterocycles. The van der Waals surface area contributed by atoms with E-state index in [-0.39, 0.29) is 5.82 Å². The monoisotopic (exact) mass is 266 g/mol. The van der Waals surface area contributed by atoms with E-state index in [1.54, 1.807) is 13.2 Å². The minimum atomic E-state index is -0.345. The van der Waals surface area contributed by atoms with Crippen LogP contribution in [-0.4, -0.2) is 12.1 Å². The molecular formula is C13H12ClFN2O. The number of hydrogen-bond acceptors (Lipinski definition) is 3. The summed E-state index contributed by atoms with van der Waals surface area (Å²) >= 11 is 5.80. The fourth-order valence-corrected chi connectivity index (χ4v) is 1.66. The predicted molar refractivity (Wildman–Crippen MR) is 69.5 cm³/mol. The van der Waals surface area contributed by atoms with Crippen molar-refractivity contribution < 1.29 is 9.13 Å². The largest absolute Gasteiger partial charge is 0.481 e. The highest BCUT2D eigenvalue weighted by molar-refractivity contribution is 6.30. The maximum Gasteiger partial charge on any atom is 0.213 e. The van der Waals surface area contributed by atoms with E-state index in [9.17, 15) is 4.39 Å². The summed E-state index contributed by atoms with van der Waals surface area (Å²) in [5, 5.41) is 3.43. The molecule has 0 aliphatic carbocycles.